The summed E-state index contributed by atoms with van der Waals surface area (Å²) in [6, 6.07) is 3.25. The maximum atomic E-state index is 12.1. The lowest BCUT2D eigenvalue weighted by Gasteiger charge is -2.23. The number of hydrogen-bond donors (Lipinski definition) is 0. The fourth-order valence-electron chi connectivity index (χ4n) is 1.37. The van der Waals surface area contributed by atoms with Crippen molar-refractivity contribution in [2.45, 2.75) is 46.8 Å². The van der Waals surface area contributed by atoms with Gasteiger partial charge in [0, 0.05) is 18.0 Å². The molecule has 0 aliphatic heterocycles. The molecule has 0 radical (unpaired) electrons. The minimum Gasteiger partial charge on any atom is -0.460 e. The number of carbonyl (C=O) groups excluding carboxylic acids is 2. The van der Waals surface area contributed by atoms with Crippen LogP contribution in [0.1, 0.15) is 46.3 Å². The zero-order valence-electron chi connectivity index (χ0n) is 12.5. The van der Waals surface area contributed by atoms with Crippen LogP contribution < -0.4 is 0 Å². The normalized spacial score (nSPS) is 12.9. The summed E-state index contributed by atoms with van der Waals surface area (Å²) in [6.45, 7) is 8.67. The smallest absolute Gasteiger partial charge is 0.352 e. The van der Waals surface area contributed by atoms with E-state index in [-0.39, 0.29) is 6.10 Å². The standard InChI is InChI=1S/C15H21NO4/c1-10(2)19-13(17)12(11-6-8-16-9-7-11)20-14(18)15(3,4)5/h6-10,12H,1-5H3. The van der Waals surface area contributed by atoms with Crippen molar-refractivity contribution in [1.82, 2.24) is 4.98 Å². The molecular weight excluding hydrogens is 258 g/mol. The third-order valence-electron chi connectivity index (χ3n) is 2.41. The predicted molar refractivity (Wildman–Crippen MR) is 73.8 cm³/mol. The fraction of sp³-hybridized carbons (Fsp3) is 0.533. The lowest BCUT2D eigenvalue weighted by Crippen LogP contribution is -2.30. The highest BCUT2D eigenvalue weighted by Gasteiger charge is 2.32. The lowest BCUT2D eigenvalue weighted by atomic mass is 9.97. The molecule has 1 aromatic heterocycles. The van der Waals surface area contributed by atoms with Gasteiger partial charge in [0.1, 0.15) is 0 Å². The second-order valence-corrected chi connectivity index (χ2v) is 5.80. The number of hydrogen-bond acceptors (Lipinski definition) is 5. The van der Waals surface area contributed by atoms with Gasteiger partial charge in [0.25, 0.3) is 0 Å². The van der Waals surface area contributed by atoms with Crippen molar-refractivity contribution in [1.29, 1.82) is 0 Å². The molecule has 0 saturated heterocycles. The SMILES string of the molecule is CC(C)OC(=O)C(OC(=O)C(C)(C)C)c1ccncc1. The Kier molecular flexibility index (Phi) is 5.25. The van der Waals surface area contributed by atoms with Gasteiger partial charge < -0.3 is 9.47 Å². The van der Waals surface area contributed by atoms with Crippen molar-refractivity contribution in [2.75, 3.05) is 0 Å². The maximum Gasteiger partial charge on any atom is 0.352 e. The molecule has 5 heteroatoms. The monoisotopic (exact) mass is 279 g/mol. The Morgan fingerprint density at radius 3 is 2.10 bits per heavy atom. The van der Waals surface area contributed by atoms with E-state index < -0.39 is 23.5 Å². The summed E-state index contributed by atoms with van der Waals surface area (Å²) >= 11 is 0. The number of nitrogens with zero attached hydrogens (tertiary/aromatic N) is 1. The van der Waals surface area contributed by atoms with E-state index in [0.29, 0.717) is 5.56 Å². The average Bonchev–Trinajstić information content (AvgIpc) is 2.34. The Morgan fingerprint density at radius 1 is 1.10 bits per heavy atom. The number of pyridine rings is 1. The van der Waals surface area contributed by atoms with Crippen LogP contribution >= 0.6 is 0 Å². The van der Waals surface area contributed by atoms with E-state index in [0.717, 1.165) is 0 Å². The van der Waals surface area contributed by atoms with Crippen LogP contribution in [0.5, 0.6) is 0 Å². The molecule has 1 rings (SSSR count). The van der Waals surface area contributed by atoms with Crippen LogP contribution in [0.25, 0.3) is 0 Å². The second-order valence-electron chi connectivity index (χ2n) is 5.80. The Balaban J connectivity index is 2.97. The van der Waals surface area contributed by atoms with Crippen molar-refractivity contribution in [3.8, 4) is 0 Å². The van der Waals surface area contributed by atoms with Gasteiger partial charge in [0.15, 0.2) is 0 Å². The molecule has 1 heterocycles. The van der Waals surface area contributed by atoms with Crippen molar-refractivity contribution >= 4 is 11.9 Å². The van der Waals surface area contributed by atoms with E-state index in [2.05, 4.69) is 4.98 Å². The maximum absolute atomic E-state index is 12.1. The van der Waals surface area contributed by atoms with Gasteiger partial charge in [0.2, 0.25) is 6.10 Å². The first-order valence-corrected chi connectivity index (χ1v) is 6.53. The Morgan fingerprint density at radius 2 is 1.65 bits per heavy atom. The van der Waals surface area contributed by atoms with E-state index in [1.165, 1.54) is 12.4 Å². The van der Waals surface area contributed by atoms with Gasteiger partial charge in [-0.25, -0.2) is 4.79 Å². The highest BCUT2D eigenvalue weighted by molar-refractivity contribution is 5.82. The Hall–Kier alpha value is -1.91. The number of aromatic nitrogens is 1. The number of rotatable bonds is 4. The van der Waals surface area contributed by atoms with Crippen LogP contribution in [0, 0.1) is 5.41 Å². The van der Waals surface area contributed by atoms with E-state index in [4.69, 9.17) is 9.47 Å². The van der Waals surface area contributed by atoms with E-state index in [1.54, 1.807) is 46.8 Å². The molecule has 0 N–H and O–H groups in total. The summed E-state index contributed by atoms with van der Waals surface area (Å²) < 4.78 is 10.5. The summed E-state index contributed by atoms with van der Waals surface area (Å²) in [5.74, 6) is -1.04. The molecule has 0 spiro atoms. The van der Waals surface area contributed by atoms with Crippen LogP contribution in [0.2, 0.25) is 0 Å². The summed E-state index contributed by atoms with van der Waals surface area (Å²) in [5, 5.41) is 0. The number of ether oxygens (including phenoxy) is 2. The molecule has 0 aliphatic rings. The first-order valence-electron chi connectivity index (χ1n) is 6.53. The summed E-state index contributed by atoms with van der Waals surface area (Å²) in [7, 11) is 0. The number of esters is 2. The molecule has 1 atom stereocenters. The van der Waals surface area contributed by atoms with Gasteiger partial charge in [-0.3, -0.25) is 9.78 Å². The van der Waals surface area contributed by atoms with Crippen molar-refractivity contribution < 1.29 is 19.1 Å². The van der Waals surface area contributed by atoms with Crippen LogP contribution in [0.15, 0.2) is 24.5 Å². The molecule has 0 fully saturated rings. The highest BCUT2D eigenvalue weighted by atomic mass is 16.6. The first-order chi connectivity index (χ1) is 9.21. The topological polar surface area (TPSA) is 65.5 Å². The Bertz CT molecular complexity index is 463. The van der Waals surface area contributed by atoms with Crippen LogP contribution in [0.4, 0.5) is 0 Å². The van der Waals surface area contributed by atoms with Crippen LogP contribution in [0.3, 0.4) is 0 Å². The van der Waals surface area contributed by atoms with Crippen molar-refractivity contribution in [3.05, 3.63) is 30.1 Å². The van der Waals surface area contributed by atoms with E-state index in [9.17, 15) is 9.59 Å². The molecular formula is C15H21NO4. The molecule has 5 nitrogen and oxygen atoms in total. The fourth-order valence-corrected chi connectivity index (χ4v) is 1.37. The largest absolute Gasteiger partial charge is 0.460 e. The molecule has 0 aromatic carbocycles. The summed E-state index contributed by atoms with van der Waals surface area (Å²) in [5.41, 5.74) is -0.146. The van der Waals surface area contributed by atoms with Gasteiger partial charge in [-0.2, -0.15) is 0 Å². The lowest BCUT2D eigenvalue weighted by molar-refractivity contribution is -0.175. The van der Waals surface area contributed by atoms with Gasteiger partial charge in [0.05, 0.1) is 11.5 Å². The minimum absolute atomic E-state index is 0.278. The van der Waals surface area contributed by atoms with Crippen LogP contribution in [-0.2, 0) is 19.1 Å². The first kappa shape index (κ1) is 16.1. The van der Waals surface area contributed by atoms with Crippen molar-refractivity contribution in [2.24, 2.45) is 5.41 Å². The zero-order chi connectivity index (χ0) is 15.3. The molecule has 1 aromatic rings. The highest BCUT2D eigenvalue weighted by Crippen LogP contribution is 2.24. The quantitative estimate of drug-likeness (QED) is 0.793. The van der Waals surface area contributed by atoms with E-state index in [1.807, 2.05) is 0 Å². The van der Waals surface area contributed by atoms with Crippen molar-refractivity contribution in [3.63, 3.8) is 0 Å². The predicted octanol–water partition coefficient (Wildman–Crippen LogP) is 2.66. The molecule has 1 unspecified atom stereocenters. The van der Waals surface area contributed by atoms with Crippen LogP contribution in [-0.4, -0.2) is 23.0 Å². The third kappa shape index (κ3) is 4.64. The summed E-state index contributed by atoms with van der Waals surface area (Å²) in [4.78, 5) is 28.0. The second kappa shape index (κ2) is 6.50. The van der Waals surface area contributed by atoms with Gasteiger partial charge in [-0.05, 0) is 46.8 Å². The zero-order valence-corrected chi connectivity index (χ0v) is 12.5. The Labute approximate surface area is 119 Å². The molecule has 0 saturated carbocycles. The van der Waals surface area contributed by atoms with Gasteiger partial charge in [-0.15, -0.1) is 0 Å². The summed E-state index contributed by atoms with van der Waals surface area (Å²) in [6.07, 6.45) is 1.73. The average molecular weight is 279 g/mol. The molecule has 0 amide bonds. The molecule has 0 aliphatic carbocycles. The van der Waals surface area contributed by atoms with Gasteiger partial charge >= 0.3 is 11.9 Å². The van der Waals surface area contributed by atoms with E-state index >= 15 is 0 Å². The van der Waals surface area contributed by atoms with Gasteiger partial charge in [-0.1, -0.05) is 0 Å². The number of carbonyl (C=O) groups is 2. The molecule has 20 heavy (non-hydrogen) atoms. The third-order valence-corrected chi connectivity index (χ3v) is 2.41. The molecule has 110 valence electrons. The minimum atomic E-state index is -1.06. The molecule has 0 bridgehead atoms.